The molecule has 0 aromatic heterocycles. The van der Waals surface area contributed by atoms with Gasteiger partial charge in [-0.3, -0.25) is 4.79 Å². The first-order valence-corrected chi connectivity index (χ1v) is 6.18. The van der Waals surface area contributed by atoms with Crippen molar-refractivity contribution in [2.24, 2.45) is 11.7 Å². The molecule has 2 atom stereocenters. The molecule has 0 bridgehead atoms. The molecule has 0 fully saturated rings. The van der Waals surface area contributed by atoms with E-state index in [-0.39, 0.29) is 0 Å². The van der Waals surface area contributed by atoms with E-state index in [0.29, 0.717) is 11.4 Å². The Morgan fingerprint density at radius 2 is 2.00 bits per heavy atom. The lowest BCUT2D eigenvalue weighted by molar-refractivity contribution is -0.142. The average molecular weight is 256 g/mol. The Morgan fingerprint density at radius 1 is 1.41 bits per heavy atom. The summed E-state index contributed by atoms with van der Waals surface area (Å²) in [7, 11) is 0. The zero-order chi connectivity index (χ0) is 12.8. The van der Waals surface area contributed by atoms with Crippen LogP contribution in [0.3, 0.4) is 0 Å². The molecule has 0 heterocycles. The molecule has 1 aromatic rings. The predicted molar refractivity (Wildman–Crippen MR) is 69.0 cm³/mol. The summed E-state index contributed by atoms with van der Waals surface area (Å²) in [6.07, 6.45) is 2.45. The Labute approximate surface area is 107 Å². The van der Waals surface area contributed by atoms with E-state index in [1.165, 1.54) is 0 Å². The van der Waals surface area contributed by atoms with E-state index in [0.717, 1.165) is 18.4 Å². The van der Waals surface area contributed by atoms with Crippen molar-refractivity contribution in [2.45, 2.75) is 32.2 Å². The number of carboxylic acids is 1. The number of hydrogen-bond donors (Lipinski definition) is 2. The lowest BCUT2D eigenvalue weighted by atomic mass is 9.89. The molecule has 0 aliphatic heterocycles. The number of hydrogen-bond acceptors (Lipinski definition) is 2. The summed E-state index contributed by atoms with van der Waals surface area (Å²) in [5, 5.41) is 9.81. The van der Waals surface area contributed by atoms with Gasteiger partial charge in [-0.1, -0.05) is 43.5 Å². The minimum absolute atomic E-state index is 0.476. The van der Waals surface area contributed by atoms with Gasteiger partial charge in [-0.2, -0.15) is 0 Å². The van der Waals surface area contributed by atoms with Crippen LogP contribution in [-0.2, 0) is 4.79 Å². The standard InChI is InChI=1S/C13H18ClNO2/c1-2-3-4-11(13(16)17)12(15)9-5-7-10(14)8-6-9/h5-8,11-12H,2-4,15H2,1H3,(H,16,17). The third kappa shape index (κ3) is 4.02. The molecular weight excluding hydrogens is 238 g/mol. The van der Waals surface area contributed by atoms with E-state index in [1.807, 2.05) is 6.92 Å². The molecule has 0 aliphatic carbocycles. The van der Waals surface area contributed by atoms with Crippen molar-refractivity contribution >= 4 is 17.6 Å². The summed E-state index contributed by atoms with van der Waals surface area (Å²) in [6.45, 7) is 2.03. The molecule has 0 saturated carbocycles. The number of aliphatic carboxylic acids is 1. The summed E-state index contributed by atoms with van der Waals surface area (Å²) in [5.41, 5.74) is 6.82. The smallest absolute Gasteiger partial charge is 0.308 e. The third-order valence-corrected chi connectivity index (χ3v) is 3.13. The average Bonchev–Trinajstić information content (AvgIpc) is 2.29. The summed E-state index contributed by atoms with van der Waals surface area (Å²) < 4.78 is 0. The molecule has 0 radical (unpaired) electrons. The van der Waals surface area contributed by atoms with Crippen LogP contribution in [0.25, 0.3) is 0 Å². The fourth-order valence-corrected chi connectivity index (χ4v) is 1.92. The van der Waals surface area contributed by atoms with Crippen LogP contribution in [0.4, 0.5) is 0 Å². The Morgan fingerprint density at radius 3 is 2.47 bits per heavy atom. The van der Waals surface area contributed by atoms with Crippen molar-refractivity contribution in [1.29, 1.82) is 0 Å². The number of carbonyl (C=O) groups is 1. The highest BCUT2D eigenvalue weighted by Crippen LogP contribution is 2.25. The third-order valence-electron chi connectivity index (χ3n) is 2.87. The van der Waals surface area contributed by atoms with Gasteiger partial charge in [0.25, 0.3) is 0 Å². The maximum atomic E-state index is 11.2. The van der Waals surface area contributed by atoms with Crippen LogP contribution in [0.15, 0.2) is 24.3 Å². The van der Waals surface area contributed by atoms with Crippen molar-refractivity contribution in [3.05, 3.63) is 34.9 Å². The first kappa shape index (κ1) is 14.0. The zero-order valence-corrected chi connectivity index (χ0v) is 10.7. The van der Waals surface area contributed by atoms with Gasteiger partial charge in [-0.25, -0.2) is 0 Å². The molecule has 94 valence electrons. The molecule has 17 heavy (non-hydrogen) atoms. The monoisotopic (exact) mass is 255 g/mol. The van der Waals surface area contributed by atoms with Crippen LogP contribution in [0.1, 0.15) is 37.8 Å². The van der Waals surface area contributed by atoms with Crippen molar-refractivity contribution in [1.82, 2.24) is 0 Å². The SMILES string of the molecule is CCCCC(C(=O)O)C(N)c1ccc(Cl)cc1. The second-order valence-corrected chi connectivity index (χ2v) is 4.60. The van der Waals surface area contributed by atoms with Crippen LogP contribution in [0.2, 0.25) is 5.02 Å². The first-order chi connectivity index (χ1) is 8.06. The van der Waals surface area contributed by atoms with Gasteiger partial charge in [0.05, 0.1) is 5.92 Å². The van der Waals surface area contributed by atoms with E-state index >= 15 is 0 Å². The number of rotatable bonds is 6. The highest BCUT2D eigenvalue weighted by molar-refractivity contribution is 6.30. The molecule has 1 rings (SSSR count). The largest absolute Gasteiger partial charge is 0.481 e. The molecule has 0 amide bonds. The number of nitrogens with two attached hydrogens (primary N) is 1. The van der Waals surface area contributed by atoms with Gasteiger partial charge >= 0.3 is 5.97 Å². The molecule has 0 spiro atoms. The Kier molecular flexibility index (Phi) is 5.45. The Hall–Kier alpha value is -1.06. The highest BCUT2D eigenvalue weighted by atomic mass is 35.5. The van der Waals surface area contributed by atoms with Crippen molar-refractivity contribution in [2.75, 3.05) is 0 Å². The highest BCUT2D eigenvalue weighted by Gasteiger charge is 2.25. The second kappa shape index (κ2) is 6.62. The number of halogens is 1. The molecule has 0 saturated heterocycles. The van der Waals surface area contributed by atoms with Crippen LogP contribution in [0.5, 0.6) is 0 Å². The van der Waals surface area contributed by atoms with Gasteiger partial charge in [0.15, 0.2) is 0 Å². The zero-order valence-electron chi connectivity index (χ0n) is 9.90. The lowest BCUT2D eigenvalue weighted by Crippen LogP contribution is -2.28. The minimum atomic E-state index is -0.832. The van der Waals surface area contributed by atoms with Gasteiger partial charge in [0.1, 0.15) is 0 Å². The first-order valence-electron chi connectivity index (χ1n) is 5.80. The van der Waals surface area contributed by atoms with E-state index in [9.17, 15) is 9.90 Å². The van der Waals surface area contributed by atoms with Crippen molar-refractivity contribution in [3.63, 3.8) is 0 Å². The molecule has 0 aliphatic rings. The predicted octanol–water partition coefficient (Wildman–Crippen LogP) is 3.23. The Balaban J connectivity index is 2.79. The van der Waals surface area contributed by atoms with Crippen LogP contribution in [0, 0.1) is 5.92 Å². The van der Waals surface area contributed by atoms with Crippen LogP contribution < -0.4 is 5.73 Å². The van der Waals surface area contributed by atoms with Crippen LogP contribution >= 0.6 is 11.6 Å². The number of carboxylic acid groups (broad SMARTS) is 1. The van der Waals surface area contributed by atoms with Crippen molar-refractivity contribution < 1.29 is 9.90 Å². The lowest BCUT2D eigenvalue weighted by Gasteiger charge is -2.20. The fourth-order valence-electron chi connectivity index (χ4n) is 1.80. The fraction of sp³-hybridized carbons (Fsp3) is 0.462. The van der Waals surface area contributed by atoms with E-state index in [2.05, 4.69) is 0 Å². The summed E-state index contributed by atoms with van der Waals surface area (Å²) in [5.74, 6) is -1.36. The van der Waals surface area contributed by atoms with Gasteiger partial charge in [0.2, 0.25) is 0 Å². The molecule has 1 aromatic carbocycles. The minimum Gasteiger partial charge on any atom is -0.481 e. The van der Waals surface area contributed by atoms with Gasteiger partial charge in [-0.15, -0.1) is 0 Å². The second-order valence-electron chi connectivity index (χ2n) is 4.16. The molecule has 3 nitrogen and oxygen atoms in total. The van der Waals surface area contributed by atoms with E-state index in [1.54, 1.807) is 24.3 Å². The van der Waals surface area contributed by atoms with E-state index < -0.39 is 17.9 Å². The quantitative estimate of drug-likeness (QED) is 0.820. The molecule has 3 N–H and O–H groups in total. The van der Waals surface area contributed by atoms with Gasteiger partial charge in [-0.05, 0) is 24.1 Å². The molecular formula is C13H18ClNO2. The number of benzene rings is 1. The van der Waals surface area contributed by atoms with Crippen LogP contribution in [-0.4, -0.2) is 11.1 Å². The van der Waals surface area contributed by atoms with Crippen molar-refractivity contribution in [3.8, 4) is 0 Å². The summed E-state index contributed by atoms with van der Waals surface area (Å²) in [6, 6.07) is 6.56. The molecule has 4 heteroatoms. The summed E-state index contributed by atoms with van der Waals surface area (Å²) in [4.78, 5) is 11.2. The van der Waals surface area contributed by atoms with E-state index in [4.69, 9.17) is 17.3 Å². The topological polar surface area (TPSA) is 63.3 Å². The summed E-state index contributed by atoms with van der Waals surface area (Å²) >= 11 is 5.78. The molecule has 2 unspecified atom stereocenters. The number of unbranched alkanes of at least 4 members (excludes halogenated alkanes) is 1. The maximum absolute atomic E-state index is 11.2. The Bertz CT molecular complexity index is 364. The van der Waals surface area contributed by atoms with Gasteiger partial charge < -0.3 is 10.8 Å². The normalized spacial score (nSPS) is 14.3. The maximum Gasteiger partial charge on any atom is 0.308 e. The van der Waals surface area contributed by atoms with Gasteiger partial charge in [0, 0.05) is 11.1 Å².